The lowest BCUT2D eigenvalue weighted by Crippen LogP contribution is -2.38. The van der Waals surface area contributed by atoms with Gasteiger partial charge in [-0.15, -0.1) is 0 Å². The minimum atomic E-state index is -0.878. The molecule has 0 aliphatic carbocycles. The Hall–Kier alpha value is -0.570. The second-order valence-electron chi connectivity index (χ2n) is 4.23. The molecule has 0 aromatic rings. The van der Waals surface area contributed by atoms with Crippen LogP contribution in [0.4, 0.5) is 0 Å². The van der Waals surface area contributed by atoms with Crippen molar-refractivity contribution in [3.8, 4) is 0 Å². The summed E-state index contributed by atoms with van der Waals surface area (Å²) in [6.45, 7) is 9.50. The molecule has 0 heterocycles. The molecule has 0 fully saturated rings. The van der Waals surface area contributed by atoms with E-state index >= 15 is 0 Å². The number of ether oxygens (including phenoxy) is 1. The Morgan fingerprint density at radius 2 is 1.92 bits per heavy atom. The summed E-state index contributed by atoms with van der Waals surface area (Å²) < 4.78 is 5.51. The molecule has 0 bridgehead atoms. The second-order valence-corrected chi connectivity index (χ2v) is 4.23. The lowest BCUT2D eigenvalue weighted by atomic mass is 10.0. The van der Waals surface area contributed by atoms with Crippen LogP contribution in [-0.2, 0) is 9.53 Å². The first-order valence-corrected chi connectivity index (χ1v) is 4.70. The van der Waals surface area contributed by atoms with Crippen molar-refractivity contribution in [3.63, 3.8) is 0 Å². The van der Waals surface area contributed by atoms with E-state index in [9.17, 15) is 4.79 Å². The molecule has 0 aliphatic rings. The molecule has 0 rings (SSSR count). The highest BCUT2D eigenvalue weighted by Crippen LogP contribution is 2.20. The molecule has 0 aliphatic heterocycles. The highest BCUT2D eigenvalue weighted by Gasteiger charge is 2.29. The summed E-state index contributed by atoms with van der Waals surface area (Å²) in [5, 5.41) is 8.88. The molecule has 0 aromatic carbocycles. The fourth-order valence-corrected chi connectivity index (χ4v) is 0.899. The highest BCUT2D eigenvalue weighted by atomic mass is 16.5. The first kappa shape index (κ1) is 12.4. The van der Waals surface area contributed by atoms with Crippen molar-refractivity contribution >= 4 is 5.97 Å². The van der Waals surface area contributed by atoms with Crippen LogP contribution < -0.4 is 0 Å². The van der Waals surface area contributed by atoms with E-state index in [0.717, 1.165) is 6.42 Å². The minimum absolute atomic E-state index is 0.00308. The van der Waals surface area contributed by atoms with Gasteiger partial charge < -0.3 is 9.84 Å². The van der Waals surface area contributed by atoms with E-state index in [1.54, 1.807) is 0 Å². The molecule has 0 spiro atoms. The Morgan fingerprint density at radius 1 is 1.46 bits per heavy atom. The average molecular weight is 188 g/mol. The van der Waals surface area contributed by atoms with Gasteiger partial charge in [-0.25, -0.2) is 4.79 Å². The first-order valence-electron chi connectivity index (χ1n) is 4.70. The second kappa shape index (κ2) is 4.61. The Labute approximate surface area is 80.1 Å². The molecule has 0 amide bonds. The van der Waals surface area contributed by atoms with Crippen LogP contribution in [0.1, 0.15) is 41.0 Å². The minimum Gasteiger partial charge on any atom is -0.479 e. The molecule has 1 atom stereocenters. The van der Waals surface area contributed by atoms with Gasteiger partial charge in [0.2, 0.25) is 0 Å². The van der Waals surface area contributed by atoms with E-state index in [1.165, 1.54) is 0 Å². The molecule has 0 aromatic heterocycles. The number of carboxylic acid groups (broad SMARTS) is 1. The zero-order valence-electron chi connectivity index (χ0n) is 9.13. The monoisotopic (exact) mass is 188 g/mol. The summed E-state index contributed by atoms with van der Waals surface area (Å²) in [5.41, 5.74) is -0.354. The van der Waals surface area contributed by atoms with E-state index in [4.69, 9.17) is 9.84 Å². The van der Waals surface area contributed by atoms with E-state index < -0.39 is 12.1 Å². The van der Waals surface area contributed by atoms with Gasteiger partial charge in [0.15, 0.2) is 6.10 Å². The van der Waals surface area contributed by atoms with Crippen molar-refractivity contribution < 1.29 is 14.6 Å². The summed E-state index contributed by atoms with van der Waals surface area (Å²) in [4.78, 5) is 10.8. The molecule has 1 N–H and O–H groups in total. The predicted molar refractivity (Wildman–Crippen MR) is 51.7 cm³/mol. The Bertz CT molecular complexity index is 173. The van der Waals surface area contributed by atoms with Gasteiger partial charge in [-0.2, -0.15) is 0 Å². The fraction of sp³-hybridized carbons (Fsp3) is 0.900. The Balaban J connectivity index is 4.35. The van der Waals surface area contributed by atoms with Crippen LogP contribution in [0, 0.1) is 5.92 Å². The predicted octanol–water partition coefficient (Wildman–Crippen LogP) is 2.30. The largest absolute Gasteiger partial charge is 0.479 e. The molecule has 78 valence electrons. The van der Waals surface area contributed by atoms with E-state index in [0.29, 0.717) is 0 Å². The van der Waals surface area contributed by atoms with Gasteiger partial charge in [0.05, 0.1) is 5.60 Å². The molecule has 3 nitrogen and oxygen atoms in total. The quantitative estimate of drug-likeness (QED) is 0.720. The summed E-state index contributed by atoms with van der Waals surface area (Å²) in [6.07, 6.45) is 0.110. The van der Waals surface area contributed by atoms with Gasteiger partial charge >= 0.3 is 5.97 Å². The van der Waals surface area contributed by atoms with Gasteiger partial charge in [-0.05, 0) is 26.2 Å². The van der Waals surface area contributed by atoms with Gasteiger partial charge in [0.25, 0.3) is 0 Å². The normalized spacial score (nSPS) is 14.6. The molecule has 0 saturated carbocycles. The third-order valence-electron chi connectivity index (χ3n) is 2.15. The summed E-state index contributed by atoms with van der Waals surface area (Å²) in [5.74, 6) is -0.875. The maximum absolute atomic E-state index is 10.8. The van der Waals surface area contributed by atoms with Crippen molar-refractivity contribution in [2.75, 3.05) is 0 Å². The van der Waals surface area contributed by atoms with E-state index in [-0.39, 0.29) is 11.5 Å². The Kier molecular flexibility index (Phi) is 4.40. The van der Waals surface area contributed by atoms with Crippen molar-refractivity contribution in [2.24, 2.45) is 5.92 Å². The van der Waals surface area contributed by atoms with Gasteiger partial charge in [0.1, 0.15) is 0 Å². The number of hydrogen-bond acceptors (Lipinski definition) is 2. The number of hydrogen-bond donors (Lipinski definition) is 1. The topological polar surface area (TPSA) is 46.5 Å². The summed E-state index contributed by atoms with van der Waals surface area (Å²) in [6, 6.07) is 0. The maximum atomic E-state index is 10.8. The molecular formula is C10H20O3. The first-order chi connectivity index (χ1) is 5.80. The van der Waals surface area contributed by atoms with Crippen molar-refractivity contribution in [1.29, 1.82) is 0 Å². The molecule has 1 unspecified atom stereocenters. The molecule has 3 heteroatoms. The van der Waals surface area contributed by atoms with Crippen LogP contribution in [0.25, 0.3) is 0 Å². The molecular weight excluding hydrogens is 168 g/mol. The fourth-order valence-electron chi connectivity index (χ4n) is 0.899. The number of aliphatic carboxylic acids is 1. The summed E-state index contributed by atoms with van der Waals surface area (Å²) >= 11 is 0. The molecule has 0 saturated heterocycles. The number of rotatable bonds is 5. The van der Waals surface area contributed by atoms with Crippen LogP contribution in [0.15, 0.2) is 0 Å². The lowest BCUT2D eigenvalue weighted by molar-refractivity contribution is -0.166. The van der Waals surface area contributed by atoms with Crippen LogP contribution in [0.3, 0.4) is 0 Å². The lowest BCUT2D eigenvalue weighted by Gasteiger charge is -2.29. The van der Waals surface area contributed by atoms with E-state index in [2.05, 4.69) is 0 Å². The maximum Gasteiger partial charge on any atom is 0.333 e. The zero-order chi connectivity index (χ0) is 10.6. The third kappa shape index (κ3) is 4.27. The SMILES string of the molecule is CCC(C)(C)OC(C(=O)O)C(C)C. The summed E-state index contributed by atoms with van der Waals surface area (Å²) in [7, 11) is 0. The molecule has 13 heavy (non-hydrogen) atoms. The standard InChI is InChI=1S/C10H20O3/c1-6-10(4,5)13-8(7(2)3)9(11)12/h7-8H,6H2,1-5H3,(H,11,12). The van der Waals surface area contributed by atoms with Crippen molar-refractivity contribution in [1.82, 2.24) is 0 Å². The van der Waals surface area contributed by atoms with Crippen molar-refractivity contribution in [2.45, 2.75) is 52.7 Å². The number of carboxylic acids is 1. The van der Waals surface area contributed by atoms with Crippen LogP contribution in [-0.4, -0.2) is 22.8 Å². The highest BCUT2D eigenvalue weighted by molar-refractivity contribution is 5.72. The van der Waals surface area contributed by atoms with Crippen LogP contribution >= 0.6 is 0 Å². The van der Waals surface area contributed by atoms with Gasteiger partial charge in [-0.3, -0.25) is 0 Å². The third-order valence-corrected chi connectivity index (χ3v) is 2.15. The van der Waals surface area contributed by atoms with Crippen molar-refractivity contribution in [3.05, 3.63) is 0 Å². The van der Waals surface area contributed by atoms with Gasteiger partial charge in [-0.1, -0.05) is 20.8 Å². The van der Waals surface area contributed by atoms with Crippen LogP contribution in [0.2, 0.25) is 0 Å². The Morgan fingerprint density at radius 3 is 2.15 bits per heavy atom. The van der Waals surface area contributed by atoms with Gasteiger partial charge in [0, 0.05) is 0 Å². The smallest absolute Gasteiger partial charge is 0.333 e. The average Bonchev–Trinajstić information content (AvgIpc) is 1.99. The zero-order valence-corrected chi connectivity index (χ0v) is 9.13. The van der Waals surface area contributed by atoms with Crippen LogP contribution in [0.5, 0.6) is 0 Å². The van der Waals surface area contributed by atoms with E-state index in [1.807, 2.05) is 34.6 Å². The number of carbonyl (C=O) groups is 1. The molecule has 0 radical (unpaired) electrons.